The van der Waals surface area contributed by atoms with Gasteiger partial charge in [0.15, 0.2) is 0 Å². The Kier molecular flexibility index (Phi) is 6.96. The molecule has 0 bridgehead atoms. The zero-order valence-corrected chi connectivity index (χ0v) is 11.0. The van der Waals surface area contributed by atoms with Crippen LogP contribution < -0.4 is 4.74 Å². The number of ether oxygens (including phenoxy) is 1. The van der Waals surface area contributed by atoms with Gasteiger partial charge in [-0.15, -0.1) is 0 Å². The van der Waals surface area contributed by atoms with Gasteiger partial charge in [-0.1, -0.05) is 12.1 Å². The van der Waals surface area contributed by atoms with Crippen LogP contribution in [0.25, 0.3) is 0 Å². The Bertz CT molecular complexity index is 457. The van der Waals surface area contributed by atoms with Gasteiger partial charge in [-0.2, -0.15) is 0 Å². The van der Waals surface area contributed by atoms with Crippen molar-refractivity contribution < 1.29 is 51.3 Å². The quantitative estimate of drug-likeness (QED) is 0.264. The first-order chi connectivity index (χ1) is 8.00. The van der Waals surface area contributed by atoms with Crippen molar-refractivity contribution in [2.45, 2.75) is 13.8 Å². The minimum absolute atomic E-state index is 0. The van der Waals surface area contributed by atoms with Crippen LogP contribution in [0.2, 0.25) is 0 Å². The van der Waals surface area contributed by atoms with E-state index in [2.05, 4.69) is 9.78 Å². The molecule has 0 unspecified atom stereocenters. The van der Waals surface area contributed by atoms with Gasteiger partial charge in [0.25, 0.3) is 0 Å². The van der Waals surface area contributed by atoms with Gasteiger partial charge >= 0.3 is 17.9 Å². The zero-order valence-electron chi connectivity index (χ0n) is 9.56. The molecule has 1 rings (SSSR count). The number of hydrogen-bond donors (Lipinski definition) is 0. The Labute approximate surface area is 119 Å². The molecular weight excluding hydrogens is 336 g/mol. The Morgan fingerprint density at radius 3 is 2.11 bits per heavy atom. The molecule has 0 amide bonds. The third-order valence-electron chi connectivity index (χ3n) is 1.60. The van der Waals surface area contributed by atoms with Crippen LogP contribution in [0.4, 0.5) is 0 Å². The first kappa shape index (κ1) is 16.4. The number of benzene rings is 1. The van der Waals surface area contributed by atoms with Crippen LogP contribution in [0.5, 0.6) is 5.75 Å². The summed E-state index contributed by atoms with van der Waals surface area (Å²) >= 11 is 0. The molecule has 0 fully saturated rings. The number of para-hydroxylation sites is 1. The molecule has 1 aromatic carbocycles. The van der Waals surface area contributed by atoms with E-state index in [4.69, 9.17) is 4.74 Å². The molecule has 0 aliphatic heterocycles. The van der Waals surface area contributed by atoms with Gasteiger partial charge in [0.1, 0.15) is 11.3 Å². The van der Waals surface area contributed by atoms with Gasteiger partial charge in [0, 0.05) is 36.2 Å². The average Bonchev–Trinajstić information content (AvgIpc) is 2.25. The van der Waals surface area contributed by atoms with Gasteiger partial charge in [-0.25, -0.2) is 19.4 Å². The van der Waals surface area contributed by atoms with E-state index in [0.717, 1.165) is 6.92 Å². The molecule has 1 radical (unpaired) electrons. The van der Waals surface area contributed by atoms with Gasteiger partial charge in [-0.3, -0.25) is 4.79 Å². The molecule has 0 heterocycles. The van der Waals surface area contributed by atoms with Crippen LogP contribution in [0.3, 0.4) is 0 Å². The van der Waals surface area contributed by atoms with Crippen molar-refractivity contribution in [2.75, 3.05) is 0 Å². The fourth-order valence-corrected chi connectivity index (χ4v) is 1.02. The van der Waals surface area contributed by atoms with Crippen LogP contribution in [0, 0.1) is 0 Å². The fraction of sp³-hybridized carbons (Fsp3) is 0.182. The first-order valence-electron chi connectivity index (χ1n) is 4.67. The minimum atomic E-state index is -0.919. The predicted octanol–water partition coefficient (Wildman–Crippen LogP) is 1.24. The Morgan fingerprint density at radius 2 is 1.56 bits per heavy atom. The number of carbonyl (C=O) groups is 3. The van der Waals surface area contributed by atoms with Crippen molar-refractivity contribution >= 4 is 17.9 Å². The van der Waals surface area contributed by atoms with Crippen LogP contribution >= 0.6 is 0 Å². The molecule has 101 valence electrons. The molecule has 18 heavy (non-hydrogen) atoms. The summed E-state index contributed by atoms with van der Waals surface area (Å²) in [5, 5.41) is 0. The molecule has 0 atom stereocenters. The summed E-state index contributed by atoms with van der Waals surface area (Å²) in [6, 6.07) is 5.94. The summed E-state index contributed by atoms with van der Waals surface area (Å²) in [4.78, 5) is 41.0. The van der Waals surface area contributed by atoms with E-state index >= 15 is 0 Å². The molecule has 6 nitrogen and oxygen atoms in total. The zero-order chi connectivity index (χ0) is 12.8. The van der Waals surface area contributed by atoms with Gasteiger partial charge in [-0.05, 0) is 12.1 Å². The molecular formula is C11H10AgO6. The Hall–Kier alpha value is -1.63. The first-order valence-corrected chi connectivity index (χ1v) is 4.67. The van der Waals surface area contributed by atoms with Crippen LogP contribution in [0.15, 0.2) is 24.3 Å². The smallest absolute Gasteiger partial charge is 0.390 e. The summed E-state index contributed by atoms with van der Waals surface area (Å²) in [6.45, 7) is 2.29. The predicted molar refractivity (Wildman–Crippen MR) is 54.9 cm³/mol. The van der Waals surface area contributed by atoms with E-state index < -0.39 is 17.9 Å². The van der Waals surface area contributed by atoms with E-state index in [1.165, 1.54) is 19.1 Å². The normalized spacial score (nSPS) is 8.78. The topological polar surface area (TPSA) is 78.9 Å². The maximum Gasteiger partial charge on any atom is 0.390 e. The van der Waals surface area contributed by atoms with Crippen LogP contribution in [-0.2, 0) is 41.7 Å². The summed E-state index contributed by atoms with van der Waals surface area (Å²) in [6.07, 6.45) is 0. The third kappa shape index (κ3) is 5.13. The van der Waals surface area contributed by atoms with E-state index in [9.17, 15) is 14.4 Å². The van der Waals surface area contributed by atoms with E-state index in [1.807, 2.05) is 0 Å². The molecule has 0 aromatic heterocycles. The van der Waals surface area contributed by atoms with Crippen molar-refractivity contribution in [3.05, 3.63) is 29.8 Å². The molecule has 0 saturated carbocycles. The van der Waals surface area contributed by atoms with E-state index in [0.29, 0.717) is 0 Å². The fourth-order valence-electron chi connectivity index (χ4n) is 1.02. The van der Waals surface area contributed by atoms with Crippen molar-refractivity contribution in [3.63, 3.8) is 0 Å². The third-order valence-corrected chi connectivity index (χ3v) is 1.60. The molecule has 0 aliphatic carbocycles. The largest absolute Gasteiger partial charge is 0.426 e. The van der Waals surface area contributed by atoms with Gasteiger partial charge in [0.2, 0.25) is 0 Å². The monoisotopic (exact) mass is 345 g/mol. The minimum Gasteiger partial charge on any atom is -0.426 e. The molecule has 0 aliphatic rings. The molecule has 0 spiro atoms. The van der Waals surface area contributed by atoms with E-state index in [-0.39, 0.29) is 33.7 Å². The maximum absolute atomic E-state index is 11.5. The second-order valence-electron chi connectivity index (χ2n) is 3.04. The second-order valence-corrected chi connectivity index (χ2v) is 3.04. The molecule has 0 N–H and O–H groups in total. The van der Waals surface area contributed by atoms with Gasteiger partial charge in [0.05, 0.1) is 0 Å². The molecule has 0 saturated heterocycles. The molecule has 7 heteroatoms. The SMILES string of the molecule is CC(=O)OOC(=O)c1ccccc1OC(C)=O.[Ag]. The number of hydrogen-bond acceptors (Lipinski definition) is 6. The summed E-state index contributed by atoms with van der Waals surface area (Å²) in [5.41, 5.74) is -0.0102. The second kappa shape index (κ2) is 7.65. The summed E-state index contributed by atoms with van der Waals surface area (Å²) in [5.74, 6) is -2.21. The van der Waals surface area contributed by atoms with Crippen molar-refractivity contribution in [2.24, 2.45) is 0 Å². The Balaban J connectivity index is 0.00000289. The maximum atomic E-state index is 11.5. The average molecular weight is 346 g/mol. The molecule has 1 aromatic rings. The van der Waals surface area contributed by atoms with Crippen molar-refractivity contribution in [3.8, 4) is 5.75 Å². The summed E-state index contributed by atoms with van der Waals surface area (Å²) < 4.78 is 4.79. The number of carbonyl (C=O) groups excluding carboxylic acids is 3. The Morgan fingerprint density at radius 1 is 0.944 bits per heavy atom. The van der Waals surface area contributed by atoms with Crippen molar-refractivity contribution in [1.29, 1.82) is 0 Å². The van der Waals surface area contributed by atoms with Gasteiger partial charge < -0.3 is 4.74 Å². The number of rotatable bonds is 2. The van der Waals surface area contributed by atoms with Crippen molar-refractivity contribution in [1.82, 2.24) is 0 Å². The van der Waals surface area contributed by atoms with Crippen LogP contribution in [-0.4, -0.2) is 17.9 Å². The van der Waals surface area contributed by atoms with E-state index in [1.54, 1.807) is 12.1 Å². The van der Waals surface area contributed by atoms with Crippen LogP contribution in [0.1, 0.15) is 24.2 Å². The summed E-state index contributed by atoms with van der Waals surface area (Å²) in [7, 11) is 0. The number of esters is 1. The standard InChI is InChI=1S/C11H10O6.Ag/c1-7(12)15-10-6-4-3-5-9(10)11(14)17-16-8(2)13;/h3-6H,1-2H3;.